The molecule has 2 fully saturated rings. The molecule has 2 atom stereocenters. The van der Waals surface area contributed by atoms with Crippen molar-refractivity contribution in [1.29, 1.82) is 0 Å². The van der Waals surface area contributed by atoms with Gasteiger partial charge in [-0.1, -0.05) is 11.6 Å². The van der Waals surface area contributed by atoms with Crippen molar-refractivity contribution < 1.29 is 9.18 Å². The molecule has 1 amide bonds. The van der Waals surface area contributed by atoms with Crippen LogP contribution in [0.25, 0.3) is 16.6 Å². The van der Waals surface area contributed by atoms with E-state index in [1.807, 2.05) is 30.0 Å². The van der Waals surface area contributed by atoms with Crippen molar-refractivity contribution in [3.05, 3.63) is 71.9 Å². The van der Waals surface area contributed by atoms with Crippen molar-refractivity contribution in [3.8, 4) is 5.69 Å². The minimum atomic E-state index is -0.305. The van der Waals surface area contributed by atoms with Gasteiger partial charge < -0.3 is 9.80 Å². The first kappa shape index (κ1) is 19.8. The standard InChI is InChI=1S/C24H22FN7O/c1-15-2-5-22(32-27-6-7-28-32)20(8-15)23(33)30-11-17-13-31(14-18(17)12-30)24-26-10-16-3-4-19(25)9-21(16)29-24/h2-10,17-18H,11-14H2,1H3. The van der Waals surface area contributed by atoms with Crippen LogP contribution in [0.15, 0.2) is 55.0 Å². The number of likely N-dealkylation sites (tertiary alicyclic amines) is 1. The summed E-state index contributed by atoms with van der Waals surface area (Å²) in [5.41, 5.74) is 2.92. The molecule has 2 aliphatic rings. The predicted octanol–water partition coefficient (Wildman–Crippen LogP) is 2.87. The van der Waals surface area contributed by atoms with Crippen molar-refractivity contribution in [2.24, 2.45) is 11.8 Å². The van der Waals surface area contributed by atoms with Gasteiger partial charge in [-0.25, -0.2) is 14.4 Å². The quantitative estimate of drug-likeness (QED) is 0.485. The Hall–Kier alpha value is -3.88. The van der Waals surface area contributed by atoms with Gasteiger partial charge in [0, 0.05) is 55.7 Å². The van der Waals surface area contributed by atoms with E-state index in [1.165, 1.54) is 16.9 Å². The maximum atomic E-state index is 13.6. The van der Waals surface area contributed by atoms with E-state index in [4.69, 9.17) is 0 Å². The van der Waals surface area contributed by atoms with E-state index >= 15 is 0 Å². The van der Waals surface area contributed by atoms with E-state index < -0.39 is 0 Å². The summed E-state index contributed by atoms with van der Waals surface area (Å²) < 4.78 is 13.6. The van der Waals surface area contributed by atoms with Crippen LogP contribution in [-0.4, -0.2) is 61.9 Å². The van der Waals surface area contributed by atoms with E-state index in [9.17, 15) is 9.18 Å². The van der Waals surface area contributed by atoms with Gasteiger partial charge in [0.05, 0.1) is 29.2 Å². The van der Waals surface area contributed by atoms with E-state index in [0.29, 0.717) is 47.6 Å². The molecule has 4 aromatic rings. The van der Waals surface area contributed by atoms with Crippen LogP contribution >= 0.6 is 0 Å². The third-order valence-corrected chi connectivity index (χ3v) is 6.61. The topological polar surface area (TPSA) is 80.0 Å². The van der Waals surface area contributed by atoms with Gasteiger partial charge >= 0.3 is 0 Å². The number of benzene rings is 2. The summed E-state index contributed by atoms with van der Waals surface area (Å²) in [7, 11) is 0. The van der Waals surface area contributed by atoms with Crippen LogP contribution in [0.3, 0.4) is 0 Å². The summed E-state index contributed by atoms with van der Waals surface area (Å²) >= 11 is 0. The fourth-order valence-corrected chi connectivity index (χ4v) is 4.97. The highest BCUT2D eigenvalue weighted by Crippen LogP contribution is 2.34. The Labute approximate surface area is 189 Å². The number of carbonyl (C=O) groups is 1. The minimum Gasteiger partial charge on any atom is -0.340 e. The van der Waals surface area contributed by atoms with Gasteiger partial charge in [-0.15, -0.1) is 0 Å². The fourth-order valence-electron chi connectivity index (χ4n) is 4.97. The molecule has 0 radical (unpaired) electrons. The molecule has 6 rings (SSSR count). The van der Waals surface area contributed by atoms with E-state index in [1.54, 1.807) is 24.7 Å². The molecule has 33 heavy (non-hydrogen) atoms. The molecule has 0 saturated carbocycles. The summed E-state index contributed by atoms with van der Waals surface area (Å²) in [4.78, 5) is 28.1. The lowest BCUT2D eigenvalue weighted by Crippen LogP contribution is -2.34. The van der Waals surface area contributed by atoms with Crippen LogP contribution in [0.5, 0.6) is 0 Å². The monoisotopic (exact) mass is 443 g/mol. The highest BCUT2D eigenvalue weighted by atomic mass is 19.1. The number of halogens is 1. The van der Waals surface area contributed by atoms with E-state index in [2.05, 4.69) is 25.1 Å². The maximum absolute atomic E-state index is 13.6. The van der Waals surface area contributed by atoms with Gasteiger partial charge in [0.15, 0.2) is 0 Å². The maximum Gasteiger partial charge on any atom is 0.256 e. The van der Waals surface area contributed by atoms with E-state index in [0.717, 1.165) is 24.0 Å². The van der Waals surface area contributed by atoms with Crippen LogP contribution in [0.2, 0.25) is 0 Å². The molecule has 2 aromatic carbocycles. The van der Waals surface area contributed by atoms with Crippen LogP contribution in [0.4, 0.5) is 10.3 Å². The normalized spacial score (nSPS) is 19.9. The smallest absolute Gasteiger partial charge is 0.256 e. The van der Waals surface area contributed by atoms with Crippen molar-refractivity contribution in [1.82, 2.24) is 29.9 Å². The number of amides is 1. The Balaban J connectivity index is 1.20. The molecule has 9 heteroatoms. The zero-order valence-corrected chi connectivity index (χ0v) is 18.1. The number of hydrogen-bond donors (Lipinski definition) is 0. The molecular weight excluding hydrogens is 421 g/mol. The number of anilines is 1. The molecule has 2 unspecified atom stereocenters. The highest BCUT2D eigenvalue weighted by molar-refractivity contribution is 5.98. The molecule has 0 spiro atoms. The number of carbonyl (C=O) groups excluding carboxylic acids is 1. The first-order valence-electron chi connectivity index (χ1n) is 11.0. The average Bonchev–Trinajstić information content (AvgIpc) is 3.55. The number of nitrogens with zero attached hydrogens (tertiary/aromatic N) is 7. The Kier molecular flexibility index (Phi) is 4.56. The van der Waals surface area contributed by atoms with Crippen molar-refractivity contribution in [2.45, 2.75) is 6.92 Å². The Morgan fingerprint density at radius 2 is 1.76 bits per heavy atom. The molecule has 8 nitrogen and oxygen atoms in total. The largest absolute Gasteiger partial charge is 0.340 e. The Bertz CT molecular complexity index is 1340. The van der Waals surface area contributed by atoms with Crippen LogP contribution < -0.4 is 4.90 Å². The van der Waals surface area contributed by atoms with Crippen molar-refractivity contribution in [2.75, 3.05) is 31.1 Å². The van der Waals surface area contributed by atoms with Crippen LogP contribution in [-0.2, 0) is 0 Å². The second-order valence-electron chi connectivity index (χ2n) is 8.85. The SMILES string of the molecule is Cc1ccc(-n2nccn2)c(C(=O)N2CC3CN(c4ncc5ccc(F)cc5n4)CC3C2)c1. The first-order valence-corrected chi connectivity index (χ1v) is 11.0. The number of fused-ring (bicyclic) bond motifs is 2. The molecule has 0 aliphatic carbocycles. The molecule has 4 heterocycles. The lowest BCUT2D eigenvalue weighted by molar-refractivity contribution is 0.0782. The minimum absolute atomic E-state index is 0.00406. The van der Waals surface area contributed by atoms with Gasteiger partial charge in [0.25, 0.3) is 5.91 Å². The van der Waals surface area contributed by atoms with E-state index in [-0.39, 0.29) is 11.7 Å². The van der Waals surface area contributed by atoms with Gasteiger partial charge in [0.1, 0.15) is 5.82 Å². The number of hydrogen-bond acceptors (Lipinski definition) is 6. The van der Waals surface area contributed by atoms with Crippen molar-refractivity contribution >= 4 is 22.8 Å². The van der Waals surface area contributed by atoms with Gasteiger partial charge in [-0.3, -0.25) is 4.79 Å². The van der Waals surface area contributed by atoms with Gasteiger partial charge in [0.2, 0.25) is 5.95 Å². The lowest BCUT2D eigenvalue weighted by Gasteiger charge is -2.23. The molecule has 0 bridgehead atoms. The molecule has 166 valence electrons. The number of aryl methyl sites for hydroxylation is 1. The summed E-state index contributed by atoms with van der Waals surface area (Å²) in [5.74, 6) is 1.00. The summed E-state index contributed by atoms with van der Waals surface area (Å²) in [6.07, 6.45) is 4.95. The Morgan fingerprint density at radius 3 is 2.52 bits per heavy atom. The predicted molar refractivity (Wildman–Crippen MR) is 121 cm³/mol. The summed E-state index contributed by atoms with van der Waals surface area (Å²) in [6, 6.07) is 10.3. The fraction of sp³-hybridized carbons (Fsp3) is 0.292. The molecule has 0 N–H and O–H groups in total. The second-order valence-corrected chi connectivity index (χ2v) is 8.85. The third-order valence-electron chi connectivity index (χ3n) is 6.61. The first-order chi connectivity index (χ1) is 16.0. The van der Waals surface area contributed by atoms with Gasteiger partial charge in [-0.05, 0) is 31.2 Å². The lowest BCUT2D eigenvalue weighted by atomic mass is 10.0. The van der Waals surface area contributed by atoms with Gasteiger partial charge in [-0.2, -0.15) is 15.0 Å². The third kappa shape index (κ3) is 3.49. The van der Waals surface area contributed by atoms with Crippen LogP contribution in [0, 0.1) is 24.6 Å². The zero-order chi connectivity index (χ0) is 22.5. The van der Waals surface area contributed by atoms with Crippen LogP contribution in [0.1, 0.15) is 15.9 Å². The molecular formula is C24H22FN7O. The average molecular weight is 443 g/mol. The van der Waals surface area contributed by atoms with Crippen molar-refractivity contribution in [3.63, 3.8) is 0 Å². The second kappa shape index (κ2) is 7.61. The molecule has 2 aliphatic heterocycles. The Morgan fingerprint density at radius 1 is 1.00 bits per heavy atom. The highest BCUT2D eigenvalue weighted by Gasteiger charge is 2.43. The molecule has 2 aromatic heterocycles. The summed E-state index contributed by atoms with van der Waals surface area (Å²) in [6.45, 7) is 4.89. The zero-order valence-electron chi connectivity index (χ0n) is 18.1. The molecule has 2 saturated heterocycles. The summed E-state index contributed by atoms with van der Waals surface area (Å²) in [5, 5.41) is 9.23. The number of aromatic nitrogens is 5. The number of rotatable bonds is 3.